The third-order valence-electron chi connectivity index (χ3n) is 3.35. The Hall–Kier alpha value is -2.78. The number of nitriles is 1. The van der Waals surface area contributed by atoms with Crippen LogP contribution in [0, 0.1) is 11.3 Å². The van der Waals surface area contributed by atoms with Crippen molar-refractivity contribution in [1.82, 2.24) is 0 Å². The van der Waals surface area contributed by atoms with Gasteiger partial charge in [0.1, 0.15) is 23.1 Å². The van der Waals surface area contributed by atoms with Gasteiger partial charge in [0.15, 0.2) is 0 Å². The molecule has 2 aromatic carbocycles. The van der Waals surface area contributed by atoms with Gasteiger partial charge in [0.25, 0.3) is 5.91 Å². The van der Waals surface area contributed by atoms with Crippen molar-refractivity contribution in [2.24, 2.45) is 0 Å². The topological polar surface area (TPSA) is 71.3 Å². The summed E-state index contributed by atoms with van der Waals surface area (Å²) in [6.45, 7) is 3.83. The van der Waals surface area contributed by atoms with Crippen LogP contribution in [-0.4, -0.2) is 19.1 Å². The maximum atomic E-state index is 12.4. The third kappa shape index (κ3) is 5.36. The molecule has 0 saturated heterocycles. The molecule has 6 heteroatoms. The third-order valence-corrected chi connectivity index (χ3v) is 3.84. The number of ether oxygens (including phenoxy) is 2. The maximum absolute atomic E-state index is 12.4. The minimum absolute atomic E-state index is 0.0208. The summed E-state index contributed by atoms with van der Waals surface area (Å²) in [5.74, 6) is 0.796. The number of hydrogen-bond donors (Lipinski definition) is 1. The molecule has 0 bridgehead atoms. The first-order valence-electron chi connectivity index (χ1n) is 7.96. The first-order valence-corrected chi connectivity index (χ1v) is 8.75. The summed E-state index contributed by atoms with van der Waals surface area (Å²) < 4.78 is 11.7. The summed E-state index contributed by atoms with van der Waals surface area (Å²) in [5.41, 5.74) is 1.20. The van der Waals surface area contributed by atoms with E-state index in [2.05, 4.69) is 21.2 Å². The molecule has 0 fully saturated rings. The Labute approximate surface area is 161 Å². The number of methoxy groups -OCH3 is 1. The van der Waals surface area contributed by atoms with Gasteiger partial charge in [-0.15, -0.1) is 0 Å². The molecule has 0 atom stereocenters. The molecular weight excluding hydrogens is 396 g/mol. The lowest BCUT2D eigenvalue weighted by Gasteiger charge is -2.13. The highest BCUT2D eigenvalue weighted by molar-refractivity contribution is 9.10. The van der Waals surface area contributed by atoms with Crippen molar-refractivity contribution in [3.8, 4) is 17.6 Å². The van der Waals surface area contributed by atoms with Gasteiger partial charge in [0, 0.05) is 15.7 Å². The average molecular weight is 415 g/mol. The van der Waals surface area contributed by atoms with Gasteiger partial charge < -0.3 is 14.8 Å². The van der Waals surface area contributed by atoms with Crippen molar-refractivity contribution in [2.75, 3.05) is 12.4 Å². The predicted molar refractivity (Wildman–Crippen MR) is 105 cm³/mol. The van der Waals surface area contributed by atoms with Crippen LogP contribution in [0.1, 0.15) is 19.4 Å². The number of halogens is 1. The molecule has 2 rings (SSSR count). The number of rotatable bonds is 6. The number of nitrogens with zero attached hydrogens (tertiary/aromatic N) is 1. The fraction of sp³-hybridized carbons (Fsp3) is 0.200. The van der Waals surface area contributed by atoms with Crippen LogP contribution < -0.4 is 14.8 Å². The molecule has 1 amide bonds. The van der Waals surface area contributed by atoms with Crippen molar-refractivity contribution in [3.63, 3.8) is 0 Å². The van der Waals surface area contributed by atoms with Gasteiger partial charge in [0.2, 0.25) is 0 Å². The second-order valence-electron chi connectivity index (χ2n) is 5.70. The quantitative estimate of drug-likeness (QED) is 0.544. The minimum Gasteiger partial charge on any atom is -0.497 e. The Morgan fingerprint density at radius 2 is 1.92 bits per heavy atom. The molecule has 0 heterocycles. The van der Waals surface area contributed by atoms with Crippen molar-refractivity contribution in [3.05, 3.63) is 58.1 Å². The molecule has 26 heavy (non-hydrogen) atoms. The molecule has 0 aliphatic rings. The van der Waals surface area contributed by atoms with E-state index in [0.29, 0.717) is 22.7 Å². The van der Waals surface area contributed by atoms with Gasteiger partial charge in [-0.3, -0.25) is 4.79 Å². The molecule has 0 saturated carbocycles. The zero-order chi connectivity index (χ0) is 19.1. The predicted octanol–water partition coefficient (Wildman–Crippen LogP) is 4.79. The molecule has 0 aliphatic heterocycles. The van der Waals surface area contributed by atoms with E-state index >= 15 is 0 Å². The SMILES string of the molecule is COc1ccc(NC(=O)/C(C#N)=C/c2cc(Br)ccc2OC(C)C)cc1. The molecule has 2 aromatic rings. The molecular formula is C20H19BrN2O3. The summed E-state index contributed by atoms with van der Waals surface area (Å²) in [4.78, 5) is 12.4. The average Bonchev–Trinajstić information content (AvgIpc) is 2.62. The number of carbonyl (C=O) groups is 1. The van der Waals surface area contributed by atoms with Crippen molar-refractivity contribution in [2.45, 2.75) is 20.0 Å². The lowest BCUT2D eigenvalue weighted by molar-refractivity contribution is -0.112. The molecule has 0 unspecified atom stereocenters. The standard InChI is InChI=1S/C20H19BrN2O3/c1-13(2)26-19-9-4-16(21)11-14(19)10-15(12-22)20(24)23-17-5-7-18(25-3)8-6-17/h4-11,13H,1-3H3,(H,23,24)/b15-10+. The van der Waals surface area contributed by atoms with Gasteiger partial charge in [0.05, 0.1) is 13.2 Å². The van der Waals surface area contributed by atoms with Gasteiger partial charge in [-0.25, -0.2) is 0 Å². The van der Waals surface area contributed by atoms with Crippen LogP contribution in [0.15, 0.2) is 52.5 Å². The van der Waals surface area contributed by atoms with Gasteiger partial charge >= 0.3 is 0 Å². The van der Waals surface area contributed by atoms with E-state index in [1.54, 1.807) is 43.5 Å². The zero-order valence-electron chi connectivity index (χ0n) is 14.7. The van der Waals surface area contributed by atoms with Crippen LogP contribution in [0.5, 0.6) is 11.5 Å². The molecule has 0 aromatic heterocycles. The Morgan fingerprint density at radius 3 is 2.50 bits per heavy atom. The van der Waals surface area contributed by atoms with E-state index in [9.17, 15) is 10.1 Å². The zero-order valence-corrected chi connectivity index (χ0v) is 16.3. The van der Waals surface area contributed by atoms with E-state index < -0.39 is 5.91 Å². The van der Waals surface area contributed by atoms with Crippen molar-refractivity contribution in [1.29, 1.82) is 5.26 Å². The summed E-state index contributed by atoms with van der Waals surface area (Å²) in [7, 11) is 1.57. The second-order valence-corrected chi connectivity index (χ2v) is 6.62. The summed E-state index contributed by atoms with van der Waals surface area (Å²) in [6.07, 6.45) is 1.49. The van der Waals surface area contributed by atoms with E-state index in [1.807, 2.05) is 26.0 Å². The van der Waals surface area contributed by atoms with E-state index in [0.717, 1.165) is 4.47 Å². The van der Waals surface area contributed by atoms with Crippen LogP contribution in [0.2, 0.25) is 0 Å². The van der Waals surface area contributed by atoms with Crippen LogP contribution in [0.25, 0.3) is 6.08 Å². The highest BCUT2D eigenvalue weighted by atomic mass is 79.9. The second kappa shape index (κ2) is 9.07. The largest absolute Gasteiger partial charge is 0.497 e. The first-order chi connectivity index (χ1) is 12.4. The molecule has 0 aliphatic carbocycles. The Morgan fingerprint density at radius 1 is 1.23 bits per heavy atom. The van der Waals surface area contributed by atoms with Crippen LogP contribution in [-0.2, 0) is 4.79 Å². The number of anilines is 1. The molecule has 0 radical (unpaired) electrons. The molecule has 0 spiro atoms. The van der Waals surface area contributed by atoms with E-state index in [1.165, 1.54) is 6.08 Å². The highest BCUT2D eigenvalue weighted by Crippen LogP contribution is 2.27. The smallest absolute Gasteiger partial charge is 0.266 e. The fourth-order valence-corrected chi connectivity index (χ4v) is 2.55. The highest BCUT2D eigenvalue weighted by Gasteiger charge is 2.12. The molecule has 5 nitrogen and oxygen atoms in total. The Kier molecular flexibility index (Phi) is 6.81. The molecule has 134 valence electrons. The summed E-state index contributed by atoms with van der Waals surface area (Å²) in [6, 6.07) is 14.3. The number of nitrogens with one attached hydrogen (secondary N) is 1. The number of amides is 1. The van der Waals surface area contributed by atoms with Crippen LogP contribution in [0.3, 0.4) is 0 Å². The lowest BCUT2D eigenvalue weighted by Crippen LogP contribution is -2.13. The fourth-order valence-electron chi connectivity index (χ4n) is 2.17. The lowest BCUT2D eigenvalue weighted by atomic mass is 10.1. The van der Waals surface area contributed by atoms with Crippen LogP contribution >= 0.6 is 15.9 Å². The number of carbonyl (C=O) groups excluding carboxylic acids is 1. The van der Waals surface area contributed by atoms with Gasteiger partial charge in [-0.05, 0) is 62.4 Å². The van der Waals surface area contributed by atoms with Gasteiger partial charge in [-0.1, -0.05) is 15.9 Å². The molecule has 1 N–H and O–H groups in total. The van der Waals surface area contributed by atoms with Crippen LogP contribution in [0.4, 0.5) is 5.69 Å². The monoisotopic (exact) mass is 414 g/mol. The number of hydrogen-bond acceptors (Lipinski definition) is 4. The van der Waals surface area contributed by atoms with E-state index in [4.69, 9.17) is 9.47 Å². The Bertz CT molecular complexity index is 852. The van der Waals surface area contributed by atoms with E-state index in [-0.39, 0.29) is 11.7 Å². The first kappa shape index (κ1) is 19.5. The minimum atomic E-state index is -0.492. The normalized spacial score (nSPS) is 11.0. The summed E-state index contributed by atoms with van der Waals surface area (Å²) in [5, 5.41) is 12.1. The maximum Gasteiger partial charge on any atom is 0.266 e. The van der Waals surface area contributed by atoms with Crippen molar-refractivity contribution >= 4 is 33.6 Å². The summed E-state index contributed by atoms with van der Waals surface area (Å²) >= 11 is 3.40. The Balaban J connectivity index is 2.27. The number of benzene rings is 2. The van der Waals surface area contributed by atoms with Gasteiger partial charge in [-0.2, -0.15) is 5.26 Å². The van der Waals surface area contributed by atoms with Crippen molar-refractivity contribution < 1.29 is 14.3 Å².